The fourth-order valence-electron chi connectivity index (χ4n) is 6.72. The second-order valence-corrected chi connectivity index (χ2v) is 18.9. The van der Waals surface area contributed by atoms with E-state index in [9.17, 15) is 49.1 Å². The molecule has 0 heterocycles. The zero-order chi connectivity index (χ0) is 49.1. The van der Waals surface area contributed by atoms with Crippen LogP contribution >= 0.6 is 15.6 Å². The molecule has 0 aromatic rings. The lowest BCUT2D eigenvalue weighted by atomic mass is 9.85. The van der Waals surface area contributed by atoms with Gasteiger partial charge < -0.3 is 49.7 Å². The van der Waals surface area contributed by atoms with Crippen molar-refractivity contribution in [2.45, 2.75) is 198 Å². The van der Waals surface area contributed by atoms with Crippen molar-refractivity contribution in [2.24, 2.45) is 0 Å². The molecule has 0 aliphatic heterocycles. The largest absolute Gasteiger partial charge is 0.472 e. The van der Waals surface area contributed by atoms with Crippen LogP contribution in [0.2, 0.25) is 0 Å². The van der Waals surface area contributed by atoms with E-state index in [0.29, 0.717) is 12.8 Å². The minimum Gasteiger partial charge on any atom is -0.462 e. The van der Waals surface area contributed by atoms with E-state index < -0.39 is 89.6 Å². The van der Waals surface area contributed by atoms with Crippen molar-refractivity contribution < 1.29 is 82.0 Å². The Kier molecular flexibility index (Phi) is 34.7. The first kappa shape index (κ1) is 61.4. The summed E-state index contributed by atoms with van der Waals surface area (Å²) in [5.74, 6) is -1.39. The highest BCUT2D eigenvalue weighted by Crippen LogP contribution is 2.49. The van der Waals surface area contributed by atoms with E-state index >= 15 is 0 Å². The third-order valence-electron chi connectivity index (χ3n) is 10.4. The van der Waals surface area contributed by atoms with Gasteiger partial charge >= 0.3 is 27.6 Å². The second kappa shape index (κ2) is 37.3. The van der Waals surface area contributed by atoms with Gasteiger partial charge in [0.15, 0.2) is 6.10 Å². The normalized spacial score (nSPS) is 22.6. The molecule has 9 atom stereocenters. The molecule has 1 aliphatic rings. The van der Waals surface area contributed by atoms with Gasteiger partial charge in [-0.15, -0.1) is 0 Å². The smallest absolute Gasteiger partial charge is 0.462 e. The van der Waals surface area contributed by atoms with Crippen molar-refractivity contribution in [3.63, 3.8) is 0 Å². The van der Waals surface area contributed by atoms with E-state index in [1.165, 1.54) is 51.4 Å². The number of phosphoric ester groups is 2. The van der Waals surface area contributed by atoms with Crippen LogP contribution in [0.1, 0.15) is 149 Å². The van der Waals surface area contributed by atoms with Gasteiger partial charge in [-0.25, -0.2) is 9.13 Å². The third-order valence-corrected chi connectivity index (χ3v) is 11.9. The Morgan fingerprint density at radius 3 is 1.67 bits per heavy atom. The van der Waals surface area contributed by atoms with Crippen LogP contribution in [-0.4, -0.2) is 114 Å². The number of phosphoric acid groups is 2. The quantitative estimate of drug-likeness (QED) is 0.00963. The van der Waals surface area contributed by atoms with Gasteiger partial charge in [-0.1, -0.05) is 164 Å². The summed E-state index contributed by atoms with van der Waals surface area (Å²) in [7, 11) is -10.7. The van der Waals surface area contributed by atoms with Crippen molar-refractivity contribution in [3.05, 3.63) is 72.9 Å². The van der Waals surface area contributed by atoms with Crippen molar-refractivity contribution >= 4 is 27.6 Å². The fraction of sp³-hybridized carbons (Fsp3) is 0.702. The summed E-state index contributed by atoms with van der Waals surface area (Å²) in [5, 5.41) is 51.4. The molecule has 0 bridgehead atoms. The number of carbonyl (C=O) groups excluding carboxylic acids is 2. The van der Waals surface area contributed by atoms with Crippen LogP contribution in [0.15, 0.2) is 72.9 Å². The van der Waals surface area contributed by atoms with Gasteiger partial charge in [-0.2, -0.15) is 0 Å². The molecule has 380 valence electrons. The fourth-order valence-corrected chi connectivity index (χ4v) is 8.26. The number of hydrogen-bond donors (Lipinski definition) is 8. The molecule has 0 aromatic carbocycles. The number of aliphatic hydroxyl groups is 5. The Labute approximate surface area is 392 Å². The lowest BCUT2D eigenvalue weighted by Gasteiger charge is -2.43. The first-order valence-electron chi connectivity index (χ1n) is 23.6. The molecule has 17 nitrogen and oxygen atoms in total. The van der Waals surface area contributed by atoms with Crippen molar-refractivity contribution in [1.29, 1.82) is 0 Å². The Hall–Kier alpha value is -2.60. The maximum absolute atomic E-state index is 13.0. The molecule has 8 N–H and O–H groups in total. The maximum Gasteiger partial charge on any atom is 0.472 e. The summed E-state index contributed by atoms with van der Waals surface area (Å²) >= 11 is 0. The lowest BCUT2D eigenvalue weighted by molar-refractivity contribution is -0.216. The van der Waals surface area contributed by atoms with E-state index in [4.69, 9.17) is 28.3 Å². The Morgan fingerprint density at radius 1 is 0.576 bits per heavy atom. The monoisotopic (exact) mass is 978 g/mol. The van der Waals surface area contributed by atoms with Crippen LogP contribution in [0.25, 0.3) is 0 Å². The number of hydrogen-bond acceptors (Lipinski definition) is 14. The van der Waals surface area contributed by atoms with Crippen LogP contribution < -0.4 is 0 Å². The van der Waals surface area contributed by atoms with Crippen LogP contribution in [0.4, 0.5) is 0 Å². The molecule has 1 saturated carbocycles. The Balaban J connectivity index is 2.68. The maximum atomic E-state index is 13.0. The van der Waals surface area contributed by atoms with Gasteiger partial charge in [0.1, 0.15) is 43.2 Å². The van der Waals surface area contributed by atoms with Crippen LogP contribution in [0.3, 0.4) is 0 Å². The summed E-state index contributed by atoms with van der Waals surface area (Å²) in [4.78, 5) is 54.2. The van der Waals surface area contributed by atoms with Gasteiger partial charge in [0.25, 0.3) is 0 Å². The van der Waals surface area contributed by atoms with Crippen molar-refractivity contribution in [1.82, 2.24) is 0 Å². The molecule has 1 fully saturated rings. The second-order valence-electron chi connectivity index (χ2n) is 16.3. The molecule has 0 amide bonds. The molecule has 66 heavy (non-hydrogen) atoms. The van der Waals surface area contributed by atoms with E-state index in [1.54, 1.807) is 24.3 Å². The highest BCUT2D eigenvalue weighted by Gasteiger charge is 2.54. The number of aliphatic hydroxyl groups excluding tert-OH is 5. The molecule has 6 unspecified atom stereocenters. The number of ether oxygens (including phenoxy) is 2. The van der Waals surface area contributed by atoms with Gasteiger partial charge in [0, 0.05) is 12.8 Å². The van der Waals surface area contributed by atoms with Gasteiger partial charge in [0.05, 0.1) is 12.7 Å². The first-order valence-corrected chi connectivity index (χ1v) is 26.6. The summed E-state index contributed by atoms with van der Waals surface area (Å²) < 4.78 is 49.2. The average Bonchev–Trinajstić information content (AvgIpc) is 3.27. The zero-order valence-electron chi connectivity index (χ0n) is 39.0. The van der Waals surface area contributed by atoms with Crippen molar-refractivity contribution in [3.8, 4) is 0 Å². The van der Waals surface area contributed by atoms with E-state index in [1.807, 2.05) is 12.2 Å². The average molecular weight is 979 g/mol. The molecule has 0 spiro atoms. The zero-order valence-corrected chi connectivity index (χ0v) is 40.7. The van der Waals surface area contributed by atoms with Gasteiger partial charge in [-0.3, -0.25) is 23.2 Å². The number of carbonyl (C=O) groups is 2. The van der Waals surface area contributed by atoms with E-state index in [0.717, 1.165) is 51.4 Å². The molecule has 1 rings (SSSR count). The predicted molar refractivity (Wildman–Crippen MR) is 252 cm³/mol. The SMILES string of the molecule is CC/C=C\C/C=C\C/C=C\C/C=C\C=C/C(O)C/C=C\CCC(=O)OC[C@H](COP(=O)(O)O[C@H]1C(O)C(O)C(O)[C@@H](OP(=O)(O)O)C1O)OC(=O)CCCCCCCCCCCCCCC. The summed E-state index contributed by atoms with van der Waals surface area (Å²) in [6.07, 6.45) is 26.0. The predicted octanol–water partition coefficient (Wildman–Crippen LogP) is 7.81. The topological polar surface area (TPSA) is 276 Å². The Bertz CT molecular complexity index is 1570. The summed E-state index contributed by atoms with van der Waals surface area (Å²) in [6.45, 7) is 2.83. The minimum absolute atomic E-state index is 0.00635. The number of esters is 2. The molecule has 0 saturated heterocycles. The van der Waals surface area contributed by atoms with Crippen LogP contribution in [0, 0.1) is 0 Å². The minimum atomic E-state index is -5.38. The standard InChI is InChI=1S/C47H80O17P2/c1-3-5-7-9-11-13-15-17-19-21-23-25-28-32-38(48)33-29-27-31-34-40(49)60-36-39(62-41(50)35-30-26-24-22-20-18-16-14-12-10-8-6-4-2)37-61-66(58,59)64-47-44(53)42(51)43(52)46(45(47)54)63-65(55,56)57/h5,7,11,13,17,19,23,25,27-29,32,38-39,42-48,51-54H,3-4,6,8-10,12,14-16,18,20-22,24,26,30-31,33-37H2,1-2H3,(H,58,59)(H2,55,56,57)/b7-5-,13-11-,19-17-,25-23-,29-27-,32-28-/t38?,39-,42?,43?,44?,45?,46-,47+/m1/s1. The molecule has 0 radical (unpaired) electrons. The third kappa shape index (κ3) is 31.4. The number of rotatable bonds is 38. The van der Waals surface area contributed by atoms with Crippen LogP contribution in [0.5, 0.6) is 0 Å². The van der Waals surface area contributed by atoms with Crippen LogP contribution in [-0.2, 0) is 41.8 Å². The Morgan fingerprint density at radius 2 is 1.11 bits per heavy atom. The van der Waals surface area contributed by atoms with E-state index in [2.05, 4.69) is 54.8 Å². The van der Waals surface area contributed by atoms with Crippen molar-refractivity contribution in [2.75, 3.05) is 13.2 Å². The molecular formula is C47H80O17P2. The summed E-state index contributed by atoms with van der Waals surface area (Å²) in [5.41, 5.74) is 0. The number of unbranched alkanes of at least 4 members (excludes halogenated alkanes) is 12. The molecular weight excluding hydrogens is 898 g/mol. The summed E-state index contributed by atoms with van der Waals surface area (Å²) in [6, 6.07) is 0. The molecule has 19 heteroatoms. The van der Waals surface area contributed by atoms with Gasteiger partial charge in [0.2, 0.25) is 0 Å². The number of allylic oxidation sites excluding steroid dienone is 10. The van der Waals surface area contributed by atoms with E-state index in [-0.39, 0.29) is 19.3 Å². The highest BCUT2D eigenvalue weighted by atomic mass is 31.2. The highest BCUT2D eigenvalue weighted by molar-refractivity contribution is 7.47. The molecule has 1 aliphatic carbocycles. The molecule has 0 aromatic heterocycles. The lowest BCUT2D eigenvalue weighted by Crippen LogP contribution is -2.64. The first-order chi connectivity index (χ1) is 31.5. The van der Waals surface area contributed by atoms with Gasteiger partial charge in [-0.05, 0) is 44.9 Å².